The number of likely N-dealkylation sites (tertiary alicyclic amines) is 1. The molecule has 1 aliphatic rings. The first-order valence-electron chi connectivity index (χ1n) is 13.3. The number of piperidine rings is 1. The lowest BCUT2D eigenvalue weighted by molar-refractivity contribution is -0.123. The fourth-order valence-electron chi connectivity index (χ4n) is 5.15. The van der Waals surface area contributed by atoms with Crippen LogP contribution in [0.2, 0.25) is 0 Å². The highest BCUT2D eigenvalue weighted by molar-refractivity contribution is 7.93. The third kappa shape index (κ3) is 6.62. The van der Waals surface area contributed by atoms with Crippen molar-refractivity contribution in [3.8, 4) is 11.3 Å². The zero-order valence-corrected chi connectivity index (χ0v) is 24.6. The molecule has 3 aromatic carbocycles. The van der Waals surface area contributed by atoms with Crippen LogP contribution < -0.4 is 20.7 Å². The number of thiazole rings is 1. The van der Waals surface area contributed by atoms with Crippen LogP contribution in [0.3, 0.4) is 0 Å². The number of primary amides is 1. The SMILES string of the molecule is CN(C)c1cccc2c(S(=O)(=O)Nc3cccc(-c4csc(NC(O)CN5CCC(C(N)=O)CC5)n4)c3)cccc12. The Morgan fingerprint density at radius 2 is 1.83 bits per heavy atom. The normalized spacial score (nSPS) is 15.5. The van der Waals surface area contributed by atoms with Crippen molar-refractivity contribution in [2.24, 2.45) is 11.7 Å². The molecule has 4 aromatic rings. The molecule has 12 heteroatoms. The van der Waals surface area contributed by atoms with E-state index in [1.54, 1.807) is 30.3 Å². The van der Waals surface area contributed by atoms with Gasteiger partial charge >= 0.3 is 0 Å². The molecule has 0 spiro atoms. The monoisotopic (exact) mass is 594 g/mol. The number of carbonyl (C=O) groups is 1. The number of sulfonamides is 1. The maximum Gasteiger partial charge on any atom is 0.262 e. The van der Waals surface area contributed by atoms with Gasteiger partial charge in [-0.25, -0.2) is 13.4 Å². The third-order valence-corrected chi connectivity index (χ3v) is 9.47. The predicted molar refractivity (Wildman–Crippen MR) is 165 cm³/mol. The van der Waals surface area contributed by atoms with Crippen molar-refractivity contribution in [1.29, 1.82) is 0 Å². The first-order chi connectivity index (χ1) is 19.6. The van der Waals surface area contributed by atoms with Gasteiger partial charge in [-0.3, -0.25) is 14.4 Å². The molecule has 0 aliphatic carbocycles. The van der Waals surface area contributed by atoms with E-state index in [1.165, 1.54) is 11.3 Å². The number of hydrogen-bond donors (Lipinski definition) is 4. The van der Waals surface area contributed by atoms with Crippen LogP contribution >= 0.6 is 11.3 Å². The highest BCUT2D eigenvalue weighted by Crippen LogP contribution is 2.32. The smallest absolute Gasteiger partial charge is 0.262 e. The van der Waals surface area contributed by atoms with Gasteiger partial charge in [-0.15, -0.1) is 11.3 Å². The summed E-state index contributed by atoms with van der Waals surface area (Å²) in [6.45, 7) is 1.81. The standard InChI is InChI=1S/C29H34N6O4S2/c1-34(2)25-10-4-9-23-22(25)8-5-11-26(23)41(38,39)33-21-7-3-6-20(16-21)24-18-40-29(31-24)32-27(36)17-35-14-12-19(13-15-35)28(30)37/h3-11,16,18-19,27,33,36H,12-15,17H2,1-2H3,(H2,30,37)(H,31,32). The van der Waals surface area contributed by atoms with Crippen molar-refractivity contribution in [2.45, 2.75) is 24.0 Å². The van der Waals surface area contributed by atoms with E-state index in [-0.39, 0.29) is 16.7 Å². The summed E-state index contributed by atoms with van der Waals surface area (Å²) in [7, 11) is -0.0228. The lowest BCUT2D eigenvalue weighted by Crippen LogP contribution is -2.43. The van der Waals surface area contributed by atoms with E-state index in [0.717, 1.165) is 16.6 Å². The van der Waals surface area contributed by atoms with Gasteiger partial charge in [0.1, 0.15) is 6.23 Å². The number of amides is 1. The summed E-state index contributed by atoms with van der Waals surface area (Å²) in [6.07, 6.45) is 0.563. The first kappa shape index (κ1) is 28.8. The van der Waals surface area contributed by atoms with Gasteiger partial charge in [0.25, 0.3) is 10.0 Å². The van der Waals surface area contributed by atoms with Crippen molar-refractivity contribution in [3.05, 3.63) is 66.0 Å². The number of nitrogens with two attached hydrogens (primary N) is 1. The highest BCUT2D eigenvalue weighted by Gasteiger charge is 2.24. The molecule has 0 bridgehead atoms. The lowest BCUT2D eigenvalue weighted by Gasteiger charge is -2.31. The second-order valence-corrected chi connectivity index (χ2v) is 12.9. The van der Waals surface area contributed by atoms with Crippen LogP contribution in [0.4, 0.5) is 16.5 Å². The van der Waals surface area contributed by atoms with Crippen LogP contribution in [-0.4, -0.2) is 69.3 Å². The van der Waals surface area contributed by atoms with Crippen LogP contribution in [0, 0.1) is 5.92 Å². The van der Waals surface area contributed by atoms with Crippen LogP contribution in [0.25, 0.3) is 22.0 Å². The summed E-state index contributed by atoms with van der Waals surface area (Å²) >= 11 is 1.36. The Balaban J connectivity index is 1.27. The number of carbonyl (C=O) groups excluding carboxylic acids is 1. The van der Waals surface area contributed by atoms with Gasteiger partial charge in [-0.05, 0) is 50.2 Å². The molecule has 2 heterocycles. The summed E-state index contributed by atoms with van der Waals surface area (Å²) in [5.74, 6) is -0.358. The topological polar surface area (TPSA) is 141 Å². The van der Waals surface area contributed by atoms with Crippen LogP contribution in [0.15, 0.2) is 70.9 Å². The van der Waals surface area contributed by atoms with E-state index < -0.39 is 16.3 Å². The number of benzene rings is 3. The molecular formula is C29H34N6O4S2. The number of β-amino-alcohol motifs (C(OH)–C–C–N with tert-alkyl or cyclic N) is 1. The minimum Gasteiger partial charge on any atom is -0.377 e. The van der Waals surface area contributed by atoms with Gasteiger partial charge in [0.15, 0.2) is 5.13 Å². The molecule has 0 saturated carbocycles. The molecule has 1 amide bonds. The molecule has 5 N–H and O–H groups in total. The van der Waals surface area contributed by atoms with Crippen LogP contribution in [0.5, 0.6) is 0 Å². The van der Waals surface area contributed by atoms with Gasteiger partial charge in [0, 0.05) is 59.6 Å². The van der Waals surface area contributed by atoms with Gasteiger partial charge in [-0.2, -0.15) is 0 Å². The first-order valence-corrected chi connectivity index (χ1v) is 15.7. The molecule has 1 aliphatic heterocycles. The Hall–Kier alpha value is -3.71. The molecule has 10 nitrogen and oxygen atoms in total. The fourth-order valence-corrected chi connectivity index (χ4v) is 7.19. The number of fused-ring (bicyclic) bond motifs is 1. The lowest BCUT2D eigenvalue weighted by atomic mass is 9.96. The number of rotatable bonds is 10. The number of anilines is 3. The number of aliphatic hydroxyl groups excluding tert-OH is 1. The van der Waals surface area contributed by atoms with Gasteiger partial charge in [-0.1, -0.05) is 36.4 Å². The highest BCUT2D eigenvalue weighted by atomic mass is 32.2. The van der Waals surface area contributed by atoms with Crippen LogP contribution in [0.1, 0.15) is 12.8 Å². The summed E-state index contributed by atoms with van der Waals surface area (Å²) in [4.78, 5) is 20.2. The summed E-state index contributed by atoms with van der Waals surface area (Å²) in [5.41, 5.74) is 8.17. The quantitative estimate of drug-likeness (QED) is 0.204. The number of aromatic nitrogens is 1. The fraction of sp³-hybridized carbons (Fsp3) is 0.310. The van der Waals surface area contributed by atoms with Crippen LogP contribution in [-0.2, 0) is 14.8 Å². The number of nitrogens with zero attached hydrogens (tertiary/aromatic N) is 3. The molecule has 1 saturated heterocycles. The van der Waals surface area contributed by atoms with E-state index in [9.17, 15) is 18.3 Å². The van der Waals surface area contributed by atoms with Crippen molar-refractivity contribution in [1.82, 2.24) is 9.88 Å². The minimum atomic E-state index is -3.88. The molecule has 1 atom stereocenters. The molecule has 1 unspecified atom stereocenters. The molecule has 1 fully saturated rings. The van der Waals surface area contributed by atoms with E-state index >= 15 is 0 Å². The van der Waals surface area contributed by atoms with E-state index in [4.69, 9.17) is 5.73 Å². The Kier molecular flexibility index (Phi) is 8.45. The molecule has 41 heavy (non-hydrogen) atoms. The Bertz CT molecular complexity index is 1650. The molecule has 5 rings (SSSR count). The maximum atomic E-state index is 13.5. The molecule has 0 radical (unpaired) electrons. The zero-order chi connectivity index (χ0) is 29.1. The molecule has 216 valence electrons. The number of aliphatic hydroxyl groups is 1. The largest absolute Gasteiger partial charge is 0.377 e. The minimum absolute atomic E-state index is 0.0962. The van der Waals surface area contributed by atoms with Gasteiger partial charge < -0.3 is 21.1 Å². The van der Waals surface area contributed by atoms with Crippen molar-refractivity contribution in [3.63, 3.8) is 0 Å². The summed E-state index contributed by atoms with van der Waals surface area (Å²) in [5, 5.41) is 17.5. The van der Waals surface area contributed by atoms with Gasteiger partial charge in [0.05, 0.1) is 10.6 Å². The predicted octanol–water partition coefficient (Wildman–Crippen LogP) is 3.76. The third-order valence-electron chi connectivity index (χ3n) is 7.26. The second-order valence-electron chi connectivity index (χ2n) is 10.4. The Labute approximate surface area is 243 Å². The van der Waals surface area contributed by atoms with E-state index in [1.807, 2.05) is 54.7 Å². The van der Waals surface area contributed by atoms with Crippen molar-refractivity contribution >= 4 is 54.5 Å². The average Bonchev–Trinajstić information content (AvgIpc) is 3.40. The van der Waals surface area contributed by atoms with Crippen molar-refractivity contribution < 1.29 is 18.3 Å². The maximum absolute atomic E-state index is 13.5. The Morgan fingerprint density at radius 3 is 2.56 bits per heavy atom. The summed E-state index contributed by atoms with van der Waals surface area (Å²) in [6, 6.07) is 18.0. The zero-order valence-electron chi connectivity index (χ0n) is 22.9. The van der Waals surface area contributed by atoms with Crippen molar-refractivity contribution in [2.75, 3.05) is 48.7 Å². The van der Waals surface area contributed by atoms with E-state index in [0.29, 0.717) is 54.4 Å². The van der Waals surface area contributed by atoms with Gasteiger partial charge in [0.2, 0.25) is 5.91 Å². The number of nitrogens with one attached hydrogen (secondary N) is 2. The molecular weight excluding hydrogens is 560 g/mol. The number of hydrogen-bond acceptors (Lipinski definition) is 9. The van der Waals surface area contributed by atoms with E-state index in [2.05, 4.69) is 19.9 Å². The average molecular weight is 595 g/mol. The molecule has 1 aromatic heterocycles. The Morgan fingerprint density at radius 1 is 1.12 bits per heavy atom. The second kappa shape index (κ2) is 12.0. The summed E-state index contributed by atoms with van der Waals surface area (Å²) < 4.78 is 29.7.